The average Bonchev–Trinajstić information content (AvgIpc) is 2.78. The number of aromatic nitrogens is 2. The number of nitrogens with two attached hydrogens (primary N) is 1. The van der Waals surface area contributed by atoms with Gasteiger partial charge in [0.1, 0.15) is 0 Å². The van der Waals surface area contributed by atoms with Crippen LogP contribution in [0.15, 0.2) is 42.7 Å². The second-order valence-electron chi connectivity index (χ2n) is 4.79. The highest BCUT2D eigenvalue weighted by Crippen LogP contribution is 2.19. The standard InChI is InChI=1S/C14H19N3/c1-11(2)8-14(15)12-9-16-17(10-12)13-6-4-3-5-7-13/h3-7,9-11,14H,8,15H2,1-2H3. The van der Waals surface area contributed by atoms with Gasteiger partial charge in [-0.05, 0) is 24.5 Å². The van der Waals surface area contributed by atoms with Crippen molar-refractivity contribution in [3.8, 4) is 5.69 Å². The molecule has 0 aliphatic heterocycles. The maximum atomic E-state index is 6.13. The van der Waals surface area contributed by atoms with E-state index in [9.17, 15) is 0 Å². The van der Waals surface area contributed by atoms with E-state index in [0.717, 1.165) is 17.7 Å². The molecular weight excluding hydrogens is 210 g/mol. The summed E-state index contributed by atoms with van der Waals surface area (Å²) in [7, 11) is 0. The minimum atomic E-state index is 0.0764. The Balaban J connectivity index is 2.16. The highest BCUT2D eigenvalue weighted by atomic mass is 15.3. The van der Waals surface area contributed by atoms with Crippen molar-refractivity contribution in [3.05, 3.63) is 48.3 Å². The summed E-state index contributed by atoms with van der Waals surface area (Å²) >= 11 is 0. The first-order valence-corrected chi connectivity index (χ1v) is 6.02. The normalized spacial score (nSPS) is 12.9. The van der Waals surface area contributed by atoms with E-state index in [1.165, 1.54) is 0 Å². The van der Waals surface area contributed by atoms with Crippen LogP contribution < -0.4 is 5.73 Å². The molecule has 0 aliphatic carbocycles. The summed E-state index contributed by atoms with van der Waals surface area (Å²) in [6.07, 6.45) is 4.86. The van der Waals surface area contributed by atoms with E-state index in [2.05, 4.69) is 18.9 Å². The Morgan fingerprint density at radius 2 is 1.94 bits per heavy atom. The Bertz CT molecular complexity index is 459. The first-order chi connectivity index (χ1) is 8.16. The summed E-state index contributed by atoms with van der Waals surface area (Å²) in [6, 6.07) is 10.1. The van der Waals surface area contributed by atoms with E-state index in [1.807, 2.05) is 47.4 Å². The summed E-state index contributed by atoms with van der Waals surface area (Å²) in [5.41, 5.74) is 8.30. The first-order valence-electron chi connectivity index (χ1n) is 6.02. The lowest BCUT2D eigenvalue weighted by Gasteiger charge is -2.11. The van der Waals surface area contributed by atoms with Gasteiger partial charge in [-0.15, -0.1) is 0 Å². The second-order valence-corrected chi connectivity index (χ2v) is 4.79. The maximum Gasteiger partial charge on any atom is 0.0645 e. The van der Waals surface area contributed by atoms with Gasteiger partial charge in [-0.25, -0.2) is 4.68 Å². The quantitative estimate of drug-likeness (QED) is 0.876. The van der Waals surface area contributed by atoms with Crippen LogP contribution in [0.2, 0.25) is 0 Å². The van der Waals surface area contributed by atoms with Gasteiger partial charge in [0.25, 0.3) is 0 Å². The van der Waals surface area contributed by atoms with Crippen LogP contribution in [0, 0.1) is 5.92 Å². The third-order valence-corrected chi connectivity index (χ3v) is 2.78. The summed E-state index contributed by atoms with van der Waals surface area (Å²) in [5, 5.41) is 4.35. The highest BCUT2D eigenvalue weighted by Gasteiger charge is 2.10. The van der Waals surface area contributed by atoms with Crippen molar-refractivity contribution in [1.29, 1.82) is 0 Å². The molecule has 0 fully saturated rings. The Morgan fingerprint density at radius 3 is 2.59 bits per heavy atom. The van der Waals surface area contributed by atoms with Crippen molar-refractivity contribution in [2.45, 2.75) is 26.3 Å². The van der Waals surface area contributed by atoms with E-state index < -0.39 is 0 Å². The molecule has 3 nitrogen and oxygen atoms in total. The van der Waals surface area contributed by atoms with Gasteiger partial charge in [-0.1, -0.05) is 32.0 Å². The number of hydrogen-bond acceptors (Lipinski definition) is 2. The lowest BCUT2D eigenvalue weighted by Crippen LogP contribution is -2.12. The average molecular weight is 229 g/mol. The highest BCUT2D eigenvalue weighted by molar-refractivity contribution is 5.31. The molecular formula is C14H19N3. The smallest absolute Gasteiger partial charge is 0.0645 e. The number of hydrogen-bond donors (Lipinski definition) is 1. The molecule has 1 aromatic carbocycles. The van der Waals surface area contributed by atoms with E-state index in [4.69, 9.17) is 5.73 Å². The van der Waals surface area contributed by atoms with Gasteiger partial charge in [-0.2, -0.15) is 5.10 Å². The van der Waals surface area contributed by atoms with Crippen LogP contribution in [-0.2, 0) is 0 Å². The lowest BCUT2D eigenvalue weighted by atomic mass is 10.0. The molecule has 1 atom stereocenters. The zero-order valence-electron chi connectivity index (χ0n) is 10.4. The molecule has 1 unspecified atom stereocenters. The zero-order valence-corrected chi connectivity index (χ0v) is 10.4. The van der Waals surface area contributed by atoms with E-state index in [0.29, 0.717) is 5.92 Å². The van der Waals surface area contributed by atoms with Crippen LogP contribution in [0.3, 0.4) is 0 Å². The van der Waals surface area contributed by atoms with E-state index in [1.54, 1.807) is 0 Å². The van der Waals surface area contributed by atoms with Gasteiger partial charge >= 0.3 is 0 Å². The molecule has 17 heavy (non-hydrogen) atoms. The topological polar surface area (TPSA) is 43.8 Å². The Morgan fingerprint density at radius 1 is 1.24 bits per heavy atom. The van der Waals surface area contributed by atoms with Crippen molar-refractivity contribution in [2.75, 3.05) is 0 Å². The van der Waals surface area contributed by atoms with Crippen LogP contribution >= 0.6 is 0 Å². The molecule has 0 saturated carbocycles. The van der Waals surface area contributed by atoms with E-state index in [-0.39, 0.29) is 6.04 Å². The van der Waals surface area contributed by atoms with Gasteiger partial charge in [0.2, 0.25) is 0 Å². The molecule has 3 heteroatoms. The predicted molar refractivity (Wildman–Crippen MR) is 69.9 cm³/mol. The van der Waals surface area contributed by atoms with Crippen LogP contribution in [0.25, 0.3) is 5.69 Å². The molecule has 0 radical (unpaired) electrons. The van der Waals surface area contributed by atoms with Crippen molar-refractivity contribution in [2.24, 2.45) is 11.7 Å². The second kappa shape index (κ2) is 5.15. The van der Waals surface area contributed by atoms with Gasteiger partial charge in [0.15, 0.2) is 0 Å². The maximum absolute atomic E-state index is 6.13. The molecule has 0 spiro atoms. The molecule has 90 valence electrons. The van der Waals surface area contributed by atoms with Crippen LogP contribution in [-0.4, -0.2) is 9.78 Å². The third kappa shape index (κ3) is 2.94. The number of nitrogens with zero attached hydrogens (tertiary/aromatic N) is 2. The summed E-state index contributed by atoms with van der Waals surface area (Å²) < 4.78 is 1.87. The van der Waals surface area contributed by atoms with Gasteiger partial charge in [0.05, 0.1) is 11.9 Å². The monoisotopic (exact) mass is 229 g/mol. The van der Waals surface area contributed by atoms with Crippen LogP contribution in [0.1, 0.15) is 31.9 Å². The SMILES string of the molecule is CC(C)CC(N)c1cnn(-c2ccccc2)c1. The molecule has 0 amide bonds. The molecule has 1 heterocycles. The number of para-hydroxylation sites is 1. The zero-order chi connectivity index (χ0) is 12.3. The molecule has 2 N–H and O–H groups in total. The minimum absolute atomic E-state index is 0.0764. The molecule has 0 bridgehead atoms. The third-order valence-electron chi connectivity index (χ3n) is 2.78. The lowest BCUT2D eigenvalue weighted by molar-refractivity contribution is 0.510. The van der Waals surface area contributed by atoms with E-state index >= 15 is 0 Å². The Labute approximate surface area is 102 Å². The van der Waals surface area contributed by atoms with Crippen molar-refractivity contribution in [3.63, 3.8) is 0 Å². The molecule has 2 rings (SSSR count). The summed E-state index contributed by atoms with van der Waals surface area (Å²) in [5.74, 6) is 0.602. The summed E-state index contributed by atoms with van der Waals surface area (Å²) in [4.78, 5) is 0. The molecule has 0 saturated heterocycles. The molecule has 2 aromatic rings. The number of rotatable bonds is 4. The fourth-order valence-corrected chi connectivity index (χ4v) is 1.89. The van der Waals surface area contributed by atoms with Crippen molar-refractivity contribution < 1.29 is 0 Å². The summed E-state index contributed by atoms with van der Waals surface area (Å²) in [6.45, 7) is 4.36. The van der Waals surface area contributed by atoms with Crippen molar-refractivity contribution in [1.82, 2.24) is 9.78 Å². The van der Waals surface area contributed by atoms with Crippen LogP contribution in [0.4, 0.5) is 0 Å². The fraction of sp³-hybridized carbons (Fsp3) is 0.357. The van der Waals surface area contributed by atoms with Gasteiger partial charge in [-0.3, -0.25) is 0 Å². The van der Waals surface area contributed by atoms with Crippen LogP contribution in [0.5, 0.6) is 0 Å². The molecule has 1 aromatic heterocycles. The Kier molecular flexibility index (Phi) is 3.59. The Hall–Kier alpha value is -1.61. The molecule has 0 aliphatic rings. The largest absolute Gasteiger partial charge is 0.324 e. The minimum Gasteiger partial charge on any atom is -0.324 e. The van der Waals surface area contributed by atoms with Crippen molar-refractivity contribution >= 4 is 0 Å². The predicted octanol–water partition coefficient (Wildman–Crippen LogP) is 2.92. The first kappa shape index (κ1) is 11.9. The van der Waals surface area contributed by atoms with Gasteiger partial charge < -0.3 is 5.73 Å². The number of benzene rings is 1. The fourth-order valence-electron chi connectivity index (χ4n) is 1.89. The van der Waals surface area contributed by atoms with Gasteiger partial charge in [0, 0.05) is 17.8 Å².